The highest BCUT2D eigenvalue weighted by atomic mass is 35.5. The monoisotopic (exact) mass is 283 g/mol. The van der Waals surface area contributed by atoms with Gasteiger partial charge in [0, 0.05) is 5.02 Å². The van der Waals surface area contributed by atoms with Gasteiger partial charge >= 0.3 is 11.9 Å². The lowest BCUT2D eigenvalue weighted by Crippen LogP contribution is -2.27. The third-order valence-corrected chi connectivity index (χ3v) is 3.14. The van der Waals surface area contributed by atoms with Crippen molar-refractivity contribution < 1.29 is 19.1 Å². The summed E-state index contributed by atoms with van der Waals surface area (Å²) in [5, 5.41) is 2.88. The summed E-state index contributed by atoms with van der Waals surface area (Å²) in [4.78, 5) is 22.6. The molecule has 2 rings (SSSR count). The second kappa shape index (κ2) is 5.93. The number of nitrogens with one attached hydrogen (secondary N) is 1. The van der Waals surface area contributed by atoms with E-state index < -0.39 is 11.9 Å². The second-order valence-electron chi connectivity index (χ2n) is 4.26. The van der Waals surface area contributed by atoms with Gasteiger partial charge in [-0.05, 0) is 37.5 Å². The molecule has 5 nitrogen and oxygen atoms in total. The average Bonchev–Trinajstić information content (AvgIpc) is 2.34. The molecule has 102 valence electrons. The maximum Gasteiger partial charge on any atom is 0.396 e. The van der Waals surface area contributed by atoms with Crippen LogP contribution in [0.4, 0.5) is 5.69 Å². The van der Waals surface area contributed by atoms with E-state index in [0.717, 1.165) is 26.4 Å². The van der Waals surface area contributed by atoms with Crippen LogP contribution in [-0.4, -0.2) is 25.1 Å². The molecular weight excluding hydrogens is 270 g/mol. The third kappa shape index (κ3) is 3.38. The number of carbonyl (C=O) groups excluding carboxylic acids is 2. The number of amides is 1. The number of carbonyl (C=O) groups is 2. The van der Waals surface area contributed by atoms with Gasteiger partial charge in [0.1, 0.15) is 5.75 Å². The fourth-order valence-electron chi connectivity index (χ4n) is 1.64. The Hall–Kier alpha value is -1.75. The molecule has 1 aliphatic rings. The fraction of sp³-hybridized carbons (Fsp3) is 0.385. The summed E-state index contributed by atoms with van der Waals surface area (Å²) >= 11 is 5.88. The summed E-state index contributed by atoms with van der Waals surface area (Å²) < 4.78 is 10.1. The van der Waals surface area contributed by atoms with Crippen LogP contribution >= 0.6 is 11.6 Å². The Bertz CT molecular complexity index is 499. The van der Waals surface area contributed by atoms with Gasteiger partial charge in [0.05, 0.1) is 18.9 Å². The largest absolute Gasteiger partial charge is 0.488 e. The van der Waals surface area contributed by atoms with Crippen molar-refractivity contribution in [3.8, 4) is 5.75 Å². The molecule has 0 aromatic heterocycles. The van der Waals surface area contributed by atoms with Crippen LogP contribution in [0.1, 0.15) is 19.3 Å². The predicted molar refractivity (Wildman–Crippen MR) is 70.4 cm³/mol. The van der Waals surface area contributed by atoms with E-state index in [9.17, 15) is 9.59 Å². The zero-order valence-corrected chi connectivity index (χ0v) is 11.2. The number of ether oxygens (including phenoxy) is 2. The molecule has 0 aliphatic heterocycles. The van der Waals surface area contributed by atoms with Crippen molar-refractivity contribution in [3.63, 3.8) is 0 Å². The Balaban J connectivity index is 2.14. The van der Waals surface area contributed by atoms with Gasteiger partial charge in [0.25, 0.3) is 0 Å². The summed E-state index contributed by atoms with van der Waals surface area (Å²) in [6.45, 7) is 0. The van der Waals surface area contributed by atoms with Gasteiger partial charge in [-0.3, -0.25) is 4.79 Å². The molecule has 1 aromatic carbocycles. The molecule has 0 unspecified atom stereocenters. The minimum absolute atomic E-state index is 0.162. The Morgan fingerprint density at radius 2 is 2.11 bits per heavy atom. The first kappa shape index (κ1) is 13.7. The van der Waals surface area contributed by atoms with E-state index in [1.807, 2.05) is 0 Å². The van der Waals surface area contributed by atoms with Crippen LogP contribution in [0, 0.1) is 0 Å². The van der Waals surface area contributed by atoms with Crippen LogP contribution in [0.5, 0.6) is 5.75 Å². The second-order valence-corrected chi connectivity index (χ2v) is 4.69. The van der Waals surface area contributed by atoms with Gasteiger partial charge in [-0.2, -0.15) is 0 Å². The maximum atomic E-state index is 11.5. The number of methoxy groups -OCH3 is 1. The van der Waals surface area contributed by atoms with Crippen molar-refractivity contribution in [1.82, 2.24) is 0 Å². The molecule has 0 radical (unpaired) electrons. The predicted octanol–water partition coefficient (Wildman–Crippen LogP) is 2.38. The standard InChI is InChI=1S/C13H14ClNO4/c1-18-13(17)12(16)15-10-7-8(14)5-6-11(10)19-9-3-2-4-9/h5-7,9H,2-4H2,1H3,(H,15,16). The molecule has 0 spiro atoms. The lowest BCUT2D eigenvalue weighted by molar-refractivity contribution is -0.150. The Morgan fingerprint density at radius 3 is 2.68 bits per heavy atom. The highest BCUT2D eigenvalue weighted by Gasteiger charge is 2.22. The first-order valence-corrected chi connectivity index (χ1v) is 6.33. The van der Waals surface area contributed by atoms with Gasteiger partial charge in [0.15, 0.2) is 0 Å². The van der Waals surface area contributed by atoms with Crippen LogP contribution in [0.25, 0.3) is 0 Å². The molecule has 0 bridgehead atoms. The quantitative estimate of drug-likeness (QED) is 0.683. The number of esters is 1. The van der Waals surface area contributed by atoms with Crippen molar-refractivity contribution in [2.45, 2.75) is 25.4 Å². The van der Waals surface area contributed by atoms with Crippen LogP contribution in [0.2, 0.25) is 5.02 Å². The summed E-state index contributed by atoms with van der Waals surface area (Å²) in [5.74, 6) is -1.32. The SMILES string of the molecule is COC(=O)C(=O)Nc1cc(Cl)ccc1OC1CCC1. The van der Waals surface area contributed by atoms with Crippen molar-refractivity contribution in [1.29, 1.82) is 0 Å². The molecule has 1 aromatic rings. The van der Waals surface area contributed by atoms with E-state index in [2.05, 4.69) is 10.1 Å². The van der Waals surface area contributed by atoms with E-state index >= 15 is 0 Å². The van der Waals surface area contributed by atoms with E-state index in [4.69, 9.17) is 16.3 Å². The minimum atomic E-state index is -0.963. The molecular formula is C13H14ClNO4. The minimum Gasteiger partial charge on any atom is -0.488 e. The Kier molecular flexibility index (Phi) is 4.27. The number of hydrogen-bond acceptors (Lipinski definition) is 4. The zero-order chi connectivity index (χ0) is 13.8. The smallest absolute Gasteiger partial charge is 0.396 e. The molecule has 1 N–H and O–H groups in total. The van der Waals surface area contributed by atoms with Gasteiger partial charge in [0.2, 0.25) is 0 Å². The normalized spacial score (nSPS) is 14.4. The average molecular weight is 284 g/mol. The van der Waals surface area contributed by atoms with Crippen LogP contribution < -0.4 is 10.1 Å². The zero-order valence-electron chi connectivity index (χ0n) is 10.4. The summed E-state index contributed by atoms with van der Waals surface area (Å²) in [5.41, 5.74) is 0.370. The molecule has 19 heavy (non-hydrogen) atoms. The number of benzene rings is 1. The van der Waals surface area contributed by atoms with E-state index in [1.165, 1.54) is 6.07 Å². The number of rotatable bonds is 3. The first-order valence-electron chi connectivity index (χ1n) is 5.95. The highest BCUT2D eigenvalue weighted by Crippen LogP contribution is 2.32. The van der Waals surface area contributed by atoms with E-state index in [1.54, 1.807) is 12.1 Å². The van der Waals surface area contributed by atoms with E-state index in [0.29, 0.717) is 16.5 Å². The molecule has 1 fully saturated rings. The summed E-state index contributed by atoms with van der Waals surface area (Å²) in [6, 6.07) is 4.88. The molecule has 0 atom stereocenters. The van der Waals surface area contributed by atoms with Gasteiger partial charge in [-0.25, -0.2) is 4.79 Å². The van der Waals surface area contributed by atoms with Crippen molar-refractivity contribution in [3.05, 3.63) is 23.2 Å². The summed E-state index contributed by atoms with van der Waals surface area (Å²) in [6.07, 6.45) is 3.29. The number of hydrogen-bond donors (Lipinski definition) is 1. The number of anilines is 1. The Morgan fingerprint density at radius 1 is 1.37 bits per heavy atom. The lowest BCUT2D eigenvalue weighted by atomic mass is 9.96. The summed E-state index contributed by atoms with van der Waals surface area (Å²) in [7, 11) is 1.14. The Labute approximate surface area is 115 Å². The molecule has 1 aliphatic carbocycles. The van der Waals surface area contributed by atoms with Gasteiger partial charge in [-0.1, -0.05) is 11.6 Å². The topological polar surface area (TPSA) is 64.6 Å². The fourth-order valence-corrected chi connectivity index (χ4v) is 1.81. The highest BCUT2D eigenvalue weighted by molar-refractivity contribution is 6.37. The van der Waals surface area contributed by atoms with E-state index in [-0.39, 0.29) is 6.10 Å². The molecule has 1 amide bonds. The molecule has 1 saturated carbocycles. The van der Waals surface area contributed by atoms with Crippen LogP contribution in [0.15, 0.2) is 18.2 Å². The molecule has 0 saturated heterocycles. The third-order valence-electron chi connectivity index (χ3n) is 2.91. The van der Waals surface area contributed by atoms with Crippen molar-refractivity contribution in [2.75, 3.05) is 12.4 Å². The number of halogens is 1. The van der Waals surface area contributed by atoms with Crippen molar-refractivity contribution >= 4 is 29.2 Å². The lowest BCUT2D eigenvalue weighted by Gasteiger charge is -2.27. The first-order chi connectivity index (χ1) is 9.10. The van der Waals surface area contributed by atoms with Crippen LogP contribution in [-0.2, 0) is 14.3 Å². The van der Waals surface area contributed by atoms with Gasteiger partial charge in [-0.15, -0.1) is 0 Å². The molecule has 0 heterocycles. The maximum absolute atomic E-state index is 11.5. The van der Waals surface area contributed by atoms with Crippen LogP contribution in [0.3, 0.4) is 0 Å². The van der Waals surface area contributed by atoms with Crippen molar-refractivity contribution in [2.24, 2.45) is 0 Å². The van der Waals surface area contributed by atoms with Gasteiger partial charge < -0.3 is 14.8 Å². The molecule has 6 heteroatoms.